The lowest BCUT2D eigenvalue weighted by Crippen LogP contribution is -2.27. The van der Waals surface area contributed by atoms with Gasteiger partial charge in [-0.1, -0.05) is 42.1 Å². The summed E-state index contributed by atoms with van der Waals surface area (Å²) in [5.41, 5.74) is 3.43. The molecule has 0 aliphatic carbocycles. The summed E-state index contributed by atoms with van der Waals surface area (Å²) in [6.45, 7) is 1.32. The number of thioether (sulfide) groups is 1. The van der Waals surface area contributed by atoms with E-state index in [1.807, 2.05) is 36.6 Å². The largest absolute Gasteiger partial charge is 0.497 e. The first kappa shape index (κ1) is 24.2. The predicted molar refractivity (Wildman–Crippen MR) is 134 cm³/mol. The van der Waals surface area contributed by atoms with Gasteiger partial charge in [0.05, 0.1) is 32.6 Å². The fraction of sp³-hybridized carbons (Fsp3) is 0.231. The van der Waals surface area contributed by atoms with Crippen LogP contribution in [0.5, 0.6) is 11.5 Å². The number of benzene rings is 3. The van der Waals surface area contributed by atoms with Gasteiger partial charge in [-0.05, 0) is 59.8 Å². The Hall–Kier alpha value is -3.45. The van der Waals surface area contributed by atoms with Crippen LogP contribution in [0, 0.1) is 0 Å². The van der Waals surface area contributed by atoms with Gasteiger partial charge >= 0.3 is 5.97 Å². The molecule has 0 amide bonds. The molecule has 0 bridgehead atoms. The lowest BCUT2D eigenvalue weighted by molar-refractivity contribution is 0.0600. The summed E-state index contributed by atoms with van der Waals surface area (Å²) in [4.78, 5) is 19.0. The van der Waals surface area contributed by atoms with Gasteiger partial charge in [-0.3, -0.25) is 0 Å². The van der Waals surface area contributed by atoms with Gasteiger partial charge in [0.2, 0.25) is 0 Å². The van der Waals surface area contributed by atoms with Crippen LogP contribution in [-0.2, 0) is 17.8 Å². The number of carbonyl (C=O) groups is 1. The van der Waals surface area contributed by atoms with Crippen molar-refractivity contribution < 1.29 is 19.0 Å². The van der Waals surface area contributed by atoms with Crippen LogP contribution >= 0.6 is 11.8 Å². The van der Waals surface area contributed by atoms with E-state index in [2.05, 4.69) is 29.2 Å². The van der Waals surface area contributed by atoms with E-state index < -0.39 is 0 Å². The number of esters is 1. The van der Waals surface area contributed by atoms with Gasteiger partial charge in [0.1, 0.15) is 11.5 Å². The quantitative estimate of drug-likeness (QED) is 0.248. The highest BCUT2D eigenvalue weighted by Gasteiger charge is 2.14. The third-order valence-corrected chi connectivity index (χ3v) is 5.72. The number of hydrogen-bond donors (Lipinski definition) is 0. The normalized spacial score (nSPS) is 11.1. The Morgan fingerprint density at radius 2 is 1.39 bits per heavy atom. The average Bonchev–Trinajstić information content (AvgIpc) is 2.87. The number of hydrogen-bond acceptors (Lipinski definition) is 6. The highest BCUT2D eigenvalue weighted by atomic mass is 32.2. The molecule has 3 aromatic carbocycles. The Morgan fingerprint density at radius 1 is 0.848 bits per heavy atom. The van der Waals surface area contributed by atoms with Crippen LogP contribution in [0.4, 0.5) is 5.69 Å². The minimum absolute atomic E-state index is 0.383. The molecule has 0 spiro atoms. The van der Waals surface area contributed by atoms with Crippen LogP contribution in [0.3, 0.4) is 0 Å². The highest BCUT2D eigenvalue weighted by Crippen LogP contribution is 2.23. The van der Waals surface area contributed by atoms with Crippen LogP contribution in [0.1, 0.15) is 21.5 Å². The maximum atomic E-state index is 11.9. The molecule has 0 unspecified atom stereocenters. The molecule has 33 heavy (non-hydrogen) atoms. The molecule has 0 aromatic heterocycles. The average molecular weight is 465 g/mol. The summed E-state index contributed by atoms with van der Waals surface area (Å²) >= 11 is 1.56. The smallest absolute Gasteiger partial charge is 0.337 e. The monoisotopic (exact) mass is 464 g/mol. The Labute approximate surface area is 199 Å². The molecule has 7 heteroatoms. The zero-order valence-electron chi connectivity index (χ0n) is 19.3. The molecule has 0 radical (unpaired) electrons. The number of ether oxygens (including phenoxy) is 3. The van der Waals surface area contributed by atoms with E-state index in [-0.39, 0.29) is 5.97 Å². The van der Waals surface area contributed by atoms with Gasteiger partial charge in [0.25, 0.3) is 0 Å². The van der Waals surface area contributed by atoms with Crippen molar-refractivity contribution in [2.45, 2.75) is 13.1 Å². The van der Waals surface area contributed by atoms with E-state index in [0.717, 1.165) is 27.8 Å². The van der Waals surface area contributed by atoms with E-state index in [1.54, 1.807) is 44.2 Å². The van der Waals surface area contributed by atoms with Crippen molar-refractivity contribution in [3.8, 4) is 11.5 Å². The van der Waals surface area contributed by atoms with E-state index >= 15 is 0 Å². The third-order valence-electron chi connectivity index (χ3n) is 5.01. The molecular formula is C26H28N2O4S. The molecule has 0 N–H and O–H groups in total. The first-order chi connectivity index (χ1) is 16.1. The van der Waals surface area contributed by atoms with Crippen LogP contribution < -0.4 is 9.47 Å². The van der Waals surface area contributed by atoms with Crippen molar-refractivity contribution in [2.75, 3.05) is 27.6 Å². The minimum atomic E-state index is -0.383. The molecule has 0 saturated heterocycles. The Balaban J connectivity index is 1.93. The van der Waals surface area contributed by atoms with Gasteiger partial charge in [-0.25, -0.2) is 9.79 Å². The second kappa shape index (κ2) is 12.0. The molecule has 3 aromatic rings. The number of aliphatic imine (C=N–C) groups is 1. The summed E-state index contributed by atoms with van der Waals surface area (Å²) in [7, 11) is 4.69. The van der Waals surface area contributed by atoms with E-state index in [1.165, 1.54) is 7.11 Å². The van der Waals surface area contributed by atoms with Crippen LogP contribution in [0.25, 0.3) is 0 Å². The van der Waals surface area contributed by atoms with Crippen LogP contribution in [-0.4, -0.2) is 43.6 Å². The maximum Gasteiger partial charge on any atom is 0.337 e. The summed E-state index contributed by atoms with van der Waals surface area (Å²) < 4.78 is 15.4. The van der Waals surface area contributed by atoms with Crippen LogP contribution in [0.15, 0.2) is 77.8 Å². The molecule has 3 rings (SSSR count). The second-order valence-electron chi connectivity index (χ2n) is 7.19. The molecule has 0 aliphatic heterocycles. The lowest BCUT2D eigenvalue weighted by atomic mass is 10.1. The van der Waals surface area contributed by atoms with Gasteiger partial charge < -0.3 is 19.1 Å². The number of methoxy groups -OCH3 is 3. The van der Waals surface area contributed by atoms with Crippen molar-refractivity contribution in [2.24, 2.45) is 4.99 Å². The SMILES string of the molecule is COC(=O)c1cccc(N=C(SC)N(Cc2ccc(OC)cc2)Cc2ccc(OC)cc2)c1. The van der Waals surface area contributed by atoms with Gasteiger partial charge in [-0.15, -0.1) is 0 Å². The molecule has 0 saturated carbocycles. The zero-order valence-corrected chi connectivity index (χ0v) is 20.1. The van der Waals surface area contributed by atoms with E-state index in [4.69, 9.17) is 19.2 Å². The summed E-state index contributed by atoms with van der Waals surface area (Å²) in [6, 6.07) is 23.2. The second-order valence-corrected chi connectivity index (χ2v) is 7.97. The zero-order chi connectivity index (χ0) is 23.6. The highest BCUT2D eigenvalue weighted by molar-refractivity contribution is 8.13. The number of carbonyl (C=O) groups excluding carboxylic acids is 1. The van der Waals surface area contributed by atoms with Crippen molar-refractivity contribution in [3.05, 3.63) is 89.5 Å². The molecule has 0 aliphatic rings. The van der Waals surface area contributed by atoms with Crippen molar-refractivity contribution >= 4 is 28.6 Å². The third kappa shape index (κ3) is 6.76. The molecule has 6 nitrogen and oxygen atoms in total. The van der Waals surface area contributed by atoms with Crippen molar-refractivity contribution in [3.63, 3.8) is 0 Å². The summed E-state index contributed by atoms with van der Waals surface area (Å²) in [6.07, 6.45) is 2.00. The van der Waals surface area contributed by atoms with E-state index in [0.29, 0.717) is 24.3 Å². The molecule has 0 heterocycles. The van der Waals surface area contributed by atoms with Gasteiger partial charge in [0, 0.05) is 13.1 Å². The molecule has 172 valence electrons. The van der Waals surface area contributed by atoms with Crippen molar-refractivity contribution in [1.82, 2.24) is 4.90 Å². The molecular weight excluding hydrogens is 436 g/mol. The minimum Gasteiger partial charge on any atom is -0.497 e. The van der Waals surface area contributed by atoms with E-state index in [9.17, 15) is 4.79 Å². The number of nitrogens with zero attached hydrogens (tertiary/aromatic N) is 2. The standard InChI is InChI=1S/C26H28N2O4S/c1-30-23-12-8-19(9-13-23)17-28(18-20-10-14-24(31-2)15-11-20)26(33-4)27-22-7-5-6-21(16-22)25(29)32-3/h5-16H,17-18H2,1-4H3. The van der Waals surface area contributed by atoms with Crippen LogP contribution in [0.2, 0.25) is 0 Å². The lowest BCUT2D eigenvalue weighted by Gasteiger charge is -2.26. The fourth-order valence-corrected chi connectivity index (χ4v) is 3.85. The summed E-state index contributed by atoms with van der Waals surface area (Å²) in [5, 5.41) is 0.837. The summed E-state index contributed by atoms with van der Waals surface area (Å²) in [5.74, 6) is 1.25. The Kier molecular flexibility index (Phi) is 8.78. The Morgan fingerprint density at radius 3 is 1.85 bits per heavy atom. The first-order valence-electron chi connectivity index (χ1n) is 10.4. The number of rotatable bonds is 8. The van der Waals surface area contributed by atoms with Crippen molar-refractivity contribution in [1.29, 1.82) is 0 Å². The Bertz CT molecular complexity index is 1030. The van der Waals surface area contributed by atoms with Gasteiger partial charge in [0.15, 0.2) is 5.17 Å². The number of amidine groups is 1. The molecule has 0 fully saturated rings. The first-order valence-corrected chi connectivity index (χ1v) is 11.6. The fourth-order valence-electron chi connectivity index (χ4n) is 3.27. The topological polar surface area (TPSA) is 60.4 Å². The van der Waals surface area contributed by atoms with Gasteiger partial charge in [-0.2, -0.15) is 0 Å². The maximum absolute atomic E-state index is 11.9. The predicted octanol–water partition coefficient (Wildman–Crippen LogP) is 5.54. The molecule has 0 atom stereocenters.